The normalized spacial score (nSPS) is 13.2. The van der Waals surface area contributed by atoms with Gasteiger partial charge in [0, 0.05) is 30.8 Å². The van der Waals surface area contributed by atoms with Crippen LogP contribution in [0.4, 0.5) is 5.82 Å². The van der Waals surface area contributed by atoms with Crippen molar-refractivity contribution in [3.05, 3.63) is 53.7 Å². The van der Waals surface area contributed by atoms with Crippen molar-refractivity contribution in [2.45, 2.75) is 39.7 Å². The Morgan fingerprint density at radius 3 is 2.71 bits per heavy atom. The van der Waals surface area contributed by atoms with Crippen molar-refractivity contribution in [1.82, 2.24) is 15.6 Å². The van der Waals surface area contributed by atoms with E-state index in [-0.39, 0.29) is 29.9 Å². The molecule has 1 heterocycles. The third-order valence-electron chi connectivity index (χ3n) is 4.70. The van der Waals surface area contributed by atoms with Crippen LogP contribution in [-0.2, 0) is 11.3 Å². The number of aryl methyl sites for hydroxylation is 1. The summed E-state index contributed by atoms with van der Waals surface area (Å²) in [6.07, 6.45) is 2.85. The summed E-state index contributed by atoms with van der Waals surface area (Å²) in [6.45, 7) is 6.42. The maximum absolute atomic E-state index is 12.2. The van der Waals surface area contributed by atoms with E-state index >= 15 is 0 Å². The van der Waals surface area contributed by atoms with Crippen molar-refractivity contribution in [2.75, 3.05) is 25.0 Å². The molecular weight excluding hydrogens is 505 g/mol. The van der Waals surface area contributed by atoms with E-state index in [2.05, 4.69) is 25.9 Å². The molecule has 8 heteroatoms. The van der Waals surface area contributed by atoms with Crippen molar-refractivity contribution in [2.24, 2.45) is 10.9 Å². The van der Waals surface area contributed by atoms with Gasteiger partial charge in [-0.25, -0.2) is 9.98 Å². The summed E-state index contributed by atoms with van der Waals surface area (Å²) in [5.74, 6) is 2.77. The number of carbonyl (C=O) groups excluding carboxylic acids is 1. The molecule has 0 aliphatic heterocycles. The lowest BCUT2D eigenvalue weighted by Gasteiger charge is -2.13. The molecule has 1 aliphatic carbocycles. The summed E-state index contributed by atoms with van der Waals surface area (Å²) in [7, 11) is 0. The second-order valence-corrected chi connectivity index (χ2v) is 7.45. The van der Waals surface area contributed by atoms with Crippen LogP contribution < -0.4 is 20.7 Å². The van der Waals surface area contributed by atoms with Gasteiger partial charge < -0.3 is 20.7 Å². The lowest BCUT2D eigenvalue weighted by molar-refractivity contribution is -0.116. The average molecular weight is 537 g/mol. The molecule has 1 amide bonds. The lowest BCUT2D eigenvalue weighted by Crippen LogP contribution is -2.38. The summed E-state index contributed by atoms with van der Waals surface area (Å²) in [4.78, 5) is 21.1. The van der Waals surface area contributed by atoms with Gasteiger partial charge in [-0.2, -0.15) is 0 Å². The van der Waals surface area contributed by atoms with Crippen molar-refractivity contribution < 1.29 is 9.53 Å². The monoisotopic (exact) mass is 537 g/mol. The maximum Gasteiger partial charge on any atom is 0.227 e. The minimum absolute atomic E-state index is 0. The molecule has 1 aliphatic rings. The van der Waals surface area contributed by atoms with E-state index in [9.17, 15) is 4.79 Å². The first kappa shape index (κ1) is 24.9. The molecule has 0 spiro atoms. The predicted molar refractivity (Wildman–Crippen MR) is 135 cm³/mol. The molecule has 0 unspecified atom stereocenters. The van der Waals surface area contributed by atoms with E-state index in [0.717, 1.165) is 30.2 Å². The van der Waals surface area contributed by atoms with E-state index in [4.69, 9.17) is 4.74 Å². The van der Waals surface area contributed by atoms with Crippen LogP contribution >= 0.6 is 24.0 Å². The molecule has 2 aromatic rings. The topological polar surface area (TPSA) is 87.6 Å². The molecule has 0 saturated heterocycles. The fraction of sp³-hybridized carbons (Fsp3) is 0.435. The number of halogens is 1. The number of pyridine rings is 1. The van der Waals surface area contributed by atoms with Crippen LogP contribution in [0.5, 0.6) is 5.75 Å². The molecule has 7 nitrogen and oxygen atoms in total. The fourth-order valence-electron chi connectivity index (χ4n) is 2.89. The molecular formula is C23H32IN5O2. The number of anilines is 1. The first-order chi connectivity index (χ1) is 14.6. The zero-order chi connectivity index (χ0) is 21.2. The van der Waals surface area contributed by atoms with Crippen molar-refractivity contribution in [3.8, 4) is 5.75 Å². The Hall–Kier alpha value is -2.36. The Morgan fingerprint density at radius 2 is 1.97 bits per heavy atom. The predicted octanol–water partition coefficient (Wildman–Crippen LogP) is 3.88. The molecule has 168 valence electrons. The van der Waals surface area contributed by atoms with Gasteiger partial charge in [0.15, 0.2) is 5.96 Å². The van der Waals surface area contributed by atoms with E-state index < -0.39 is 0 Å². The Balaban J connectivity index is 0.00000341. The Bertz CT molecular complexity index is 871. The van der Waals surface area contributed by atoms with Gasteiger partial charge in [0.25, 0.3) is 0 Å². The van der Waals surface area contributed by atoms with E-state index in [1.54, 1.807) is 6.07 Å². The highest BCUT2D eigenvalue weighted by atomic mass is 127. The second-order valence-electron chi connectivity index (χ2n) is 7.45. The molecule has 0 radical (unpaired) electrons. The lowest BCUT2D eigenvalue weighted by atomic mass is 10.2. The molecule has 0 bridgehead atoms. The molecule has 1 aromatic carbocycles. The standard InChI is InChI=1S/C23H31N5O2.HI/c1-3-24-23(25-14-13-22(29)28-21-10-6-7-17(2)27-21)26-15-19-8-4-5-9-20(19)30-16-18-11-12-18;/h4-10,18H,3,11-16H2,1-2H3,(H2,24,25,26)(H,27,28,29);1H. The quantitative estimate of drug-likeness (QED) is 0.243. The van der Waals surface area contributed by atoms with Gasteiger partial charge in [-0.3, -0.25) is 4.79 Å². The minimum Gasteiger partial charge on any atom is -0.493 e. The number of nitrogens with one attached hydrogen (secondary N) is 3. The third-order valence-corrected chi connectivity index (χ3v) is 4.70. The van der Waals surface area contributed by atoms with E-state index in [1.165, 1.54) is 12.8 Å². The zero-order valence-corrected chi connectivity index (χ0v) is 20.5. The molecule has 1 saturated carbocycles. The summed E-state index contributed by atoms with van der Waals surface area (Å²) in [6, 6.07) is 13.6. The highest BCUT2D eigenvalue weighted by molar-refractivity contribution is 14.0. The first-order valence-corrected chi connectivity index (χ1v) is 10.6. The van der Waals surface area contributed by atoms with Gasteiger partial charge >= 0.3 is 0 Å². The number of guanidine groups is 1. The Labute approximate surface area is 201 Å². The summed E-state index contributed by atoms with van der Waals surface area (Å²) in [5.41, 5.74) is 1.92. The van der Waals surface area contributed by atoms with Gasteiger partial charge in [-0.15, -0.1) is 24.0 Å². The number of aromatic nitrogens is 1. The first-order valence-electron chi connectivity index (χ1n) is 10.6. The number of amides is 1. The molecule has 1 aromatic heterocycles. The summed E-state index contributed by atoms with van der Waals surface area (Å²) >= 11 is 0. The van der Waals surface area contributed by atoms with Crippen LogP contribution in [0.25, 0.3) is 0 Å². The number of benzene rings is 1. The number of aliphatic imine (C=N–C) groups is 1. The van der Waals surface area contributed by atoms with Gasteiger partial charge in [-0.05, 0) is 50.8 Å². The minimum atomic E-state index is -0.0877. The average Bonchev–Trinajstić information content (AvgIpc) is 3.55. The number of nitrogens with zero attached hydrogens (tertiary/aromatic N) is 2. The van der Waals surface area contributed by atoms with Crippen LogP contribution in [0, 0.1) is 12.8 Å². The largest absolute Gasteiger partial charge is 0.493 e. The van der Waals surface area contributed by atoms with E-state index in [1.807, 2.05) is 50.2 Å². The number of rotatable bonds is 10. The highest BCUT2D eigenvalue weighted by Crippen LogP contribution is 2.30. The van der Waals surface area contributed by atoms with Crippen LogP contribution in [0.15, 0.2) is 47.5 Å². The number of hydrogen-bond donors (Lipinski definition) is 3. The SMILES string of the molecule is CCNC(=NCc1ccccc1OCC1CC1)NCCC(=O)Nc1cccc(C)n1.I. The second kappa shape index (κ2) is 13.1. The van der Waals surface area contributed by atoms with E-state index in [0.29, 0.717) is 37.2 Å². The maximum atomic E-state index is 12.2. The molecule has 3 N–H and O–H groups in total. The molecule has 1 fully saturated rings. The summed E-state index contributed by atoms with van der Waals surface area (Å²) in [5, 5.41) is 9.25. The highest BCUT2D eigenvalue weighted by Gasteiger charge is 2.22. The zero-order valence-electron chi connectivity index (χ0n) is 18.2. The van der Waals surface area contributed by atoms with Gasteiger partial charge in [0.05, 0.1) is 13.2 Å². The van der Waals surface area contributed by atoms with Crippen molar-refractivity contribution in [3.63, 3.8) is 0 Å². The van der Waals surface area contributed by atoms with Crippen LogP contribution in [0.1, 0.15) is 37.4 Å². The number of para-hydroxylation sites is 1. The third kappa shape index (κ3) is 9.12. The molecule has 0 atom stereocenters. The van der Waals surface area contributed by atoms with Crippen LogP contribution in [0.2, 0.25) is 0 Å². The smallest absolute Gasteiger partial charge is 0.227 e. The van der Waals surface area contributed by atoms with Gasteiger partial charge in [-0.1, -0.05) is 24.3 Å². The van der Waals surface area contributed by atoms with Crippen LogP contribution in [-0.4, -0.2) is 36.5 Å². The fourth-order valence-corrected chi connectivity index (χ4v) is 2.89. The number of ether oxygens (including phenoxy) is 1. The van der Waals surface area contributed by atoms with Crippen LogP contribution in [0.3, 0.4) is 0 Å². The molecule has 3 rings (SSSR count). The Morgan fingerprint density at radius 1 is 1.16 bits per heavy atom. The summed E-state index contributed by atoms with van der Waals surface area (Å²) < 4.78 is 5.96. The Kier molecular flexibility index (Phi) is 10.6. The number of hydrogen-bond acceptors (Lipinski definition) is 4. The number of carbonyl (C=O) groups is 1. The van der Waals surface area contributed by atoms with Crippen molar-refractivity contribution in [1.29, 1.82) is 0 Å². The molecule has 31 heavy (non-hydrogen) atoms. The van der Waals surface area contributed by atoms with Crippen molar-refractivity contribution >= 4 is 41.7 Å². The van der Waals surface area contributed by atoms with Gasteiger partial charge in [0.2, 0.25) is 5.91 Å². The van der Waals surface area contributed by atoms with Gasteiger partial charge in [0.1, 0.15) is 11.6 Å².